The number of azo groups is 2. The number of hydrogen-bond acceptors (Lipinski definition) is 10. The van der Waals surface area contributed by atoms with Crippen molar-refractivity contribution in [3.05, 3.63) is 153 Å². The van der Waals surface area contributed by atoms with Gasteiger partial charge in [-0.15, -0.1) is 20.5 Å². The summed E-state index contributed by atoms with van der Waals surface area (Å²) in [7, 11) is 3.00. The molecule has 0 bridgehead atoms. The van der Waals surface area contributed by atoms with Gasteiger partial charge in [0.1, 0.15) is 11.5 Å². The lowest BCUT2D eigenvalue weighted by Gasteiger charge is -2.11. The van der Waals surface area contributed by atoms with E-state index in [9.17, 15) is 9.59 Å². The minimum atomic E-state index is -0.377. The third kappa shape index (κ3) is 11.0. The predicted octanol–water partition coefficient (Wildman–Crippen LogP) is 12.1. The average Bonchev–Trinajstić information content (AvgIpc) is 3.18. The highest BCUT2D eigenvalue weighted by molar-refractivity contribution is 6.38. The van der Waals surface area contributed by atoms with Crippen LogP contribution < -0.4 is 20.1 Å². The first-order chi connectivity index (χ1) is 26.1. The standard InChI is InChI=1S/2C19H14Cl2N4O2/c2*1-27-17-11-13(24-25-18-4-2-3-9-22-18)6-8-16(17)23-19(26)14-7-5-12(20)10-15(14)21/h2*2-11H,1H3,(H,23,26)/b25-24+;25-24-. The van der Waals surface area contributed by atoms with E-state index in [4.69, 9.17) is 55.9 Å². The van der Waals surface area contributed by atoms with E-state index in [0.717, 1.165) is 0 Å². The zero-order chi connectivity index (χ0) is 38.5. The summed E-state index contributed by atoms with van der Waals surface area (Å²) in [6.07, 6.45) is 3.27. The number of ether oxygens (including phenoxy) is 2. The van der Waals surface area contributed by atoms with E-state index in [-0.39, 0.29) is 21.9 Å². The van der Waals surface area contributed by atoms with Crippen LogP contribution in [0.25, 0.3) is 0 Å². The molecule has 2 aromatic heterocycles. The van der Waals surface area contributed by atoms with Crippen molar-refractivity contribution in [2.75, 3.05) is 24.9 Å². The number of benzene rings is 4. The molecule has 16 heteroatoms. The summed E-state index contributed by atoms with van der Waals surface area (Å²) in [5, 5.41) is 23.3. The Morgan fingerprint density at radius 1 is 0.537 bits per heavy atom. The lowest BCUT2D eigenvalue weighted by molar-refractivity contribution is 0.101. The highest BCUT2D eigenvalue weighted by atomic mass is 35.5. The van der Waals surface area contributed by atoms with Crippen LogP contribution in [0.1, 0.15) is 20.7 Å². The highest BCUT2D eigenvalue weighted by Gasteiger charge is 2.15. The maximum Gasteiger partial charge on any atom is 0.257 e. The van der Waals surface area contributed by atoms with Gasteiger partial charge in [-0.1, -0.05) is 58.5 Å². The lowest BCUT2D eigenvalue weighted by Crippen LogP contribution is -2.13. The zero-order valence-corrected chi connectivity index (χ0v) is 31.4. The fourth-order valence-electron chi connectivity index (χ4n) is 4.46. The summed E-state index contributed by atoms with van der Waals surface area (Å²) in [6.45, 7) is 0. The van der Waals surface area contributed by atoms with Crippen LogP contribution in [0.2, 0.25) is 20.1 Å². The molecule has 2 heterocycles. The molecule has 0 saturated heterocycles. The van der Waals surface area contributed by atoms with Gasteiger partial charge in [0.15, 0.2) is 11.6 Å². The van der Waals surface area contributed by atoms with Crippen molar-refractivity contribution in [2.24, 2.45) is 20.5 Å². The number of carbonyl (C=O) groups is 2. The Hall–Kier alpha value is -5.92. The van der Waals surface area contributed by atoms with Crippen molar-refractivity contribution >= 4 is 92.6 Å². The normalized spacial score (nSPS) is 10.8. The molecule has 6 aromatic rings. The Bertz CT molecular complexity index is 2150. The molecule has 0 saturated carbocycles. The molecular formula is C38H28Cl4N8O4. The zero-order valence-electron chi connectivity index (χ0n) is 28.4. The number of anilines is 2. The molecule has 0 spiro atoms. The van der Waals surface area contributed by atoms with E-state index < -0.39 is 0 Å². The average molecular weight is 803 g/mol. The maximum atomic E-state index is 12.5. The molecule has 272 valence electrons. The Morgan fingerprint density at radius 2 is 0.963 bits per heavy atom. The fraction of sp³-hybridized carbons (Fsp3) is 0.0526. The van der Waals surface area contributed by atoms with Gasteiger partial charge in [-0.05, 0) is 84.9 Å². The molecule has 2 amide bonds. The van der Waals surface area contributed by atoms with Crippen LogP contribution in [0, 0.1) is 0 Å². The maximum absolute atomic E-state index is 12.5. The number of carbonyl (C=O) groups excluding carboxylic acids is 2. The number of hydrogen-bond donors (Lipinski definition) is 2. The smallest absolute Gasteiger partial charge is 0.257 e. The molecule has 6 rings (SSSR count). The van der Waals surface area contributed by atoms with Crippen molar-refractivity contribution < 1.29 is 19.1 Å². The van der Waals surface area contributed by atoms with Crippen molar-refractivity contribution in [3.63, 3.8) is 0 Å². The van der Waals surface area contributed by atoms with Gasteiger partial charge in [-0.3, -0.25) is 9.59 Å². The van der Waals surface area contributed by atoms with Crippen LogP contribution in [-0.2, 0) is 0 Å². The summed E-state index contributed by atoms with van der Waals surface area (Å²) < 4.78 is 10.7. The van der Waals surface area contributed by atoms with Gasteiger partial charge in [0, 0.05) is 34.6 Å². The Labute approximate surface area is 329 Å². The summed E-state index contributed by atoms with van der Waals surface area (Å²) in [5.41, 5.74) is 2.68. The summed E-state index contributed by atoms with van der Waals surface area (Å²) in [5.74, 6) is 1.10. The largest absolute Gasteiger partial charge is 0.494 e. The van der Waals surface area contributed by atoms with Crippen molar-refractivity contribution in [2.45, 2.75) is 0 Å². The molecule has 54 heavy (non-hydrogen) atoms. The molecule has 2 N–H and O–H groups in total. The van der Waals surface area contributed by atoms with Crippen LogP contribution in [0.3, 0.4) is 0 Å². The molecule has 4 aromatic carbocycles. The third-order valence-corrected chi connectivity index (χ3v) is 8.15. The molecule has 0 radical (unpaired) electrons. The molecular weight excluding hydrogens is 774 g/mol. The molecule has 0 aliphatic heterocycles. The number of nitrogens with one attached hydrogen (secondary N) is 2. The third-order valence-electron chi connectivity index (χ3n) is 7.05. The van der Waals surface area contributed by atoms with E-state index in [1.807, 2.05) is 12.1 Å². The van der Waals surface area contributed by atoms with Crippen LogP contribution in [-0.4, -0.2) is 36.0 Å². The summed E-state index contributed by atoms with van der Waals surface area (Å²) in [6, 6.07) is 30.1. The molecule has 0 fully saturated rings. The molecule has 0 aliphatic carbocycles. The number of pyridine rings is 2. The first-order valence-electron chi connectivity index (χ1n) is 15.7. The van der Waals surface area contributed by atoms with Crippen molar-refractivity contribution in [1.82, 2.24) is 9.97 Å². The second-order valence-corrected chi connectivity index (χ2v) is 12.4. The van der Waals surface area contributed by atoms with Crippen LogP contribution in [0.4, 0.5) is 34.4 Å². The Balaban J connectivity index is 0.000000208. The van der Waals surface area contributed by atoms with E-state index in [0.29, 0.717) is 67.1 Å². The summed E-state index contributed by atoms with van der Waals surface area (Å²) >= 11 is 23.9. The second-order valence-electron chi connectivity index (χ2n) is 10.7. The van der Waals surface area contributed by atoms with Gasteiger partial charge >= 0.3 is 0 Å². The topological polar surface area (TPSA) is 152 Å². The lowest BCUT2D eigenvalue weighted by atomic mass is 10.2. The van der Waals surface area contributed by atoms with Crippen molar-refractivity contribution in [1.29, 1.82) is 0 Å². The Morgan fingerprint density at radius 3 is 1.31 bits per heavy atom. The highest BCUT2D eigenvalue weighted by Crippen LogP contribution is 2.33. The van der Waals surface area contributed by atoms with E-state index in [1.54, 1.807) is 97.3 Å². The minimum absolute atomic E-state index is 0.264. The van der Waals surface area contributed by atoms with Crippen molar-refractivity contribution in [3.8, 4) is 11.5 Å². The fourth-order valence-corrected chi connectivity index (χ4v) is 5.45. The van der Waals surface area contributed by atoms with Gasteiger partial charge in [-0.2, -0.15) is 0 Å². The number of methoxy groups -OCH3 is 2. The van der Waals surface area contributed by atoms with Gasteiger partial charge in [0.05, 0.1) is 58.1 Å². The Kier molecular flexibility index (Phi) is 14.0. The molecule has 0 atom stereocenters. The van der Waals surface area contributed by atoms with Gasteiger partial charge in [0.2, 0.25) is 0 Å². The first-order valence-corrected chi connectivity index (χ1v) is 17.2. The SMILES string of the molecule is COc1cc(/N=N/c2ccccn2)ccc1NC(=O)c1ccc(Cl)cc1Cl.COc1cc(/N=N\c2ccccn2)ccc1NC(=O)c1ccc(Cl)cc1Cl. The number of aromatic nitrogens is 2. The van der Waals surface area contributed by atoms with Gasteiger partial charge in [-0.25, -0.2) is 9.97 Å². The molecule has 0 aliphatic rings. The monoisotopic (exact) mass is 800 g/mol. The first kappa shape index (κ1) is 39.3. The number of nitrogens with zero attached hydrogens (tertiary/aromatic N) is 6. The number of amides is 2. The van der Waals surface area contributed by atoms with E-state index >= 15 is 0 Å². The second kappa shape index (κ2) is 19.2. The van der Waals surface area contributed by atoms with Gasteiger partial charge < -0.3 is 20.1 Å². The van der Waals surface area contributed by atoms with Gasteiger partial charge in [0.25, 0.3) is 11.8 Å². The quantitative estimate of drug-likeness (QED) is 0.132. The van der Waals surface area contributed by atoms with Crippen LogP contribution >= 0.6 is 46.4 Å². The van der Waals surface area contributed by atoms with E-state index in [1.165, 1.54) is 26.4 Å². The van der Waals surface area contributed by atoms with Crippen LogP contribution in [0.15, 0.2) is 142 Å². The summed E-state index contributed by atoms with van der Waals surface area (Å²) in [4.78, 5) is 33.1. The van der Waals surface area contributed by atoms with E-state index in [2.05, 4.69) is 41.1 Å². The minimum Gasteiger partial charge on any atom is -0.494 e. The predicted molar refractivity (Wildman–Crippen MR) is 212 cm³/mol. The van der Waals surface area contributed by atoms with Crippen LogP contribution in [0.5, 0.6) is 11.5 Å². The molecule has 0 unspecified atom stereocenters. The number of rotatable bonds is 10. The number of halogens is 4. The molecule has 12 nitrogen and oxygen atoms in total.